The van der Waals surface area contributed by atoms with Gasteiger partial charge in [0.25, 0.3) is 12.4 Å². The monoisotopic (exact) mass is 371 g/mol. The van der Waals surface area contributed by atoms with Crippen LogP contribution in [0.3, 0.4) is 0 Å². The van der Waals surface area contributed by atoms with Crippen molar-refractivity contribution in [3.8, 4) is 5.75 Å². The van der Waals surface area contributed by atoms with Crippen molar-refractivity contribution >= 4 is 12.4 Å². The van der Waals surface area contributed by atoms with E-state index in [9.17, 15) is 9.90 Å². The summed E-state index contributed by atoms with van der Waals surface area (Å²) in [6.45, 7) is 2.27. The first-order valence-electron chi connectivity index (χ1n) is 8.59. The second-order valence-electron chi connectivity index (χ2n) is 6.22. The number of aliphatic hydroxyl groups is 1. The number of amides is 1. The van der Waals surface area contributed by atoms with Crippen LogP contribution in [0.15, 0.2) is 36.4 Å². The molecule has 7 nitrogen and oxygen atoms in total. The number of hydrogen-bond acceptors (Lipinski definition) is 5. The first-order valence-corrected chi connectivity index (χ1v) is 8.59. The van der Waals surface area contributed by atoms with Gasteiger partial charge in [-0.3, -0.25) is 9.59 Å². The van der Waals surface area contributed by atoms with Gasteiger partial charge >= 0.3 is 0 Å². The van der Waals surface area contributed by atoms with Crippen LogP contribution in [0.1, 0.15) is 32.6 Å². The lowest BCUT2D eigenvalue weighted by atomic mass is 10.0. The van der Waals surface area contributed by atoms with E-state index in [4.69, 9.17) is 19.4 Å². The van der Waals surface area contributed by atoms with Crippen LogP contribution in [0.25, 0.3) is 0 Å². The van der Waals surface area contributed by atoms with Crippen molar-refractivity contribution in [2.75, 3.05) is 13.2 Å². The summed E-state index contributed by atoms with van der Waals surface area (Å²) in [7, 11) is 0. The summed E-state index contributed by atoms with van der Waals surface area (Å²) >= 11 is 0. The Labute approximate surface area is 156 Å². The average Bonchev–Trinajstić information content (AvgIpc) is 3.07. The van der Waals surface area contributed by atoms with Crippen molar-refractivity contribution in [1.82, 2.24) is 4.90 Å². The molecule has 142 valence electrons. The first kappa shape index (κ1) is 18.9. The molecule has 27 heavy (non-hydrogen) atoms. The fraction of sp³-hybridized carbons (Fsp3) is 0.300. The van der Waals surface area contributed by atoms with Crippen molar-refractivity contribution < 1.29 is 29.3 Å². The third kappa shape index (κ3) is 4.10. The largest absolute Gasteiger partial charge is 0.491 e. The predicted octanol–water partition coefficient (Wildman–Crippen LogP) is 1.94. The smallest absolute Gasteiger partial charge is 0.290 e. The highest BCUT2D eigenvalue weighted by Gasteiger charge is 2.25. The minimum Gasteiger partial charge on any atom is -0.491 e. The van der Waals surface area contributed by atoms with Crippen molar-refractivity contribution in [2.45, 2.75) is 26.4 Å². The van der Waals surface area contributed by atoms with Gasteiger partial charge in [-0.1, -0.05) is 18.2 Å². The van der Waals surface area contributed by atoms with E-state index >= 15 is 0 Å². The number of fused-ring (bicyclic) bond motifs is 2. The Morgan fingerprint density at radius 3 is 2.78 bits per heavy atom. The van der Waals surface area contributed by atoms with Gasteiger partial charge in [0, 0.05) is 17.7 Å². The molecule has 2 aliphatic rings. The van der Waals surface area contributed by atoms with Crippen molar-refractivity contribution in [1.29, 1.82) is 0 Å². The maximum absolute atomic E-state index is 13.0. The Kier molecular flexibility index (Phi) is 6.05. The van der Waals surface area contributed by atoms with Gasteiger partial charge in [-0.15, -0.1) is 0 Å². The van der Waals surface area contributed by atoms with Gasteiger partial charge in [-0.2, -0.15) is 0 Å². The summed E-state index contributed by atoms with van der Waals surface area (Å²) in [5.41, 5.74) is 4.55. The summed E-state index contributed by atoms with van der Waals surface area (Å²) in [6, 6.07) is 11.4. The number of hydrogen-bond donors (Lipinski definition) is 2. The van der Waals surface area contributed by atoms with E-state index in [0.29, 0.717) is 38.5 Å². The van der Waals surface area contributed by atoms with Crippen molar-refractivity contribution in [3.63, 3.8) is 0 Å². The Bertz CT molecular complexity index is 835. The number of carboxylic acid groups (broad SMARTS) is 1. The molecule has 0 atom stereocenters. The highest BCUT2D eigenvalue weighted by molar-refractivity contribution is 5.96. The van der Waals surface area contributed by atoms with Crippen LogP contribution in [-0.4, -0.2) is 40.6 Å². The predicted molar refractivity (Wildman–Crippen MR) is 96.2 cm³/mol. The number of rotatable bonds is 2. The summed E-state index contributed by atoms with van der Waals surface area (Å²) in [4.78, 5) is 23.2. The van der Waals surface area contributed by atoms with E-state index in [2.05, 4.69) is 0 Å². The number of aliphatic hydroxyl groups excluding tert-OH is 1. The van der Waals surface area contributed by atoms with Gasteiger partial charge in [0.15, 0.2) is 0 Å². The van der Waals surface area contributed by atoms with Crippen molar-refractivity contribution in [2.24, 2.45) is 0 Å². The molecule has 0 spiro atoms. The highest BCUT2D eigenvalue weighted by Crippen LogP contribution is 2.28. The highest BCUT2D eigenvalue weighted by atomic mass is 16.5. The Hall–Kier alpha value is -2.90. The fourth-order valence-electron chi connectivity index (χ4n) is 3.29. The van der Waals surface area contributed by atoms with E-state index in [1.54, 1.807) is 4.90 Å². The SMILES string of the molecule is O=C(c1cccc2c1COC2)N1CCOc2ccc(CO)cc2C1.O=CO. The van der Waals surface area contributed by atoms with Crippen LogP contribution in [0, 0.1) is 0 Å². The molecule has 2 N–H and O–H groups in total. The molecule has 0 saturated carbocycles. The third-order valence-corrected chi connectivity index (χ3v) is 4.58. The molecule has 0 aliphatic carbocycles. The summed E-state index contributed by atoms with van der Waals surface area (Å²) in [5.74, 6) is 0.785. The van der Waals surface area contributed by atoms with Gasteiger partial charge in [-0.05, 0) is 34.9 Å². The molecular weight excluding hydrogens is 350 g/mol. The Balaban J connectivity index is 0.000000659. The molecule has 2 aromatic rings. The minimum atomic E-state index is -0.250. The zero-order valence-corrected chi connectivity index (χ0v) is 14.8. The van der Waals surface area contributed by atoms with Gasteiger partial charge in [0.05, 0.1) is 26.4 Å². The molecule has 0 fully saturated rings. The van der Waals surface area contributed by atoms with Crippen LogP contribution in [-0.2, 0) is 35.9 Å². The van der Waals surface area contributed by atoms with Gasteiger partial charge in [0.1, 0.15) is 12.4 Å². The number of benzene rings is 2. The molecule has 1 amide bonds. The molecule has 0 radical (unpaired) electrons. The van der Waals surface area contributed by atoms with Crippen LogP contribution < -0.4 is 4.74 Å². The first-order chi connectivity index (χ1) is 13.2. The molecule has 4 rings (SSSR count). The maximum atomic E-state index is 13.0. The lowest BCUT2D eigenvalue weighted by Crippen LogP contribution is -2.33. The molecular formula is C20H21NO6. The fourth-order valence-corrected chi connectivity index (χ4v) is 3.29. The summed E-state index contributed by atoms with van der Waals surface area (Å²) < 4.78 is 11.2. The van der Waals surface area contributed by atoms with Crippen LogP contribution in [0.4, 0.5) is 0 Å². The van der Waals surface area contributed by atoms with E-state index in [-0.39, 0.29) is 19.0 Å². The van der Waals surface area contributed by atoms with Crippen LogP contribution in [0.2, 0.25) is 0 Å². The zero-order chi connectivity index (χ0) is 19.2. The Morgan fingerprint density at radius 2 is 2.00 bits per heavy atom. The van der Waals surface area contributed by atoms with E-state index in [0.717, 1.165) is 28.0 Å². The lowest BCUT2D eigenvalue weighted by Gasteiger charge is -2.21. The maximum Gasteiger partial charge on any atom is 0.290 e. The normalized spacial score (nSPS) is 14.8. The zero-order valence-electron chi connectivity index (χ0n) is 14.8. The van der Waals surface area contributed by atoms with Gasteiger partial charge in [0.2, 0.25) is 0 Å². The Morgan fingerprint density at radius 1 is 1.19 bits per heavy atom. The average molecular weight is 371 g/mol. The van der Waals surface area contributed by atoms with E-state index in [1.165, 1.54) is 0 Å². The number of nitrogens with zero attached hydrogens (tertiary/aromatic N) is 1. The lowest BCUT2D eigenvalue weighted by molar-refractivity contribution is -0.122. The van der Waals surface area contributed by atoms with Gasteiger partial charge in [-0.25, -0.2) is 0 Å². The standard InChI is InChI=1S/C19H19NO4.CH2O2/c21-10-13-4-5-18-15(8-13)9-20(6-7-24-18)19(22)16-3-1-2-14-11-23-12-17(14)16;2-1-3/h1-5,8,21H,6-7,9-12H2;1H,(H,2,3). The van der Waals surface area contributed by atoms with Crippen LogP contribution in [0.5, 0.6) is 5.75 Å². The molecule has 2 aromatic carbocycles. The van der Waals surface area contributed by atoms with E-state index in [1.807, 2.05) is 36.4 Å². The third-order valence-electron chi connectivity index (χ3n) is 4.58. The quantitative estimate of drug-likeness (QED) is 0.784. The molecule has 0 unspecified atom stereocenters. The van der Waals surface area contributed by atoms with Gasteiger partial charge < -0.3 is 24.6 Å². The van der Waals surface area contributed by atoms with Crippen molar-refractivity contribution in [3.05, 3.63) is 64.2 Å². The number of carbonyl (C=O) groups excluding carboxylic acids is 1. The topological polar surface area (TPSA) is 96.3 Å². The molecule has 0 aromatic heterocycles. The molecule has 0 bridgehead atoms. The second-order valence-corrected chi connectivity index (χ2v) is 6.22. The summed E-state index contributed by atoms with van der Waals surface area (Å²) in [5, 5.41) is 16.2. The number of ether oxygens (including phenoxy) is 2. The molecule has 2 heterocycles. The summed E-state index contributed by atoms with van der Waals surface area (Å²) in [6.07, 6.45) is 0. The second kappa shape index (κ2) is 8.66. The number of carbonyl (C=O) groups is 2. The van der Waals surface area contributed by atoms with E-state index < -0.39 is 0 Å². The van der Waals surface area contributed by atoms with Crippen LogP contribution >= 0.6 is 0 Å². The minimum absolute atomic E-state index is 0.00296. The molecule has 7 heteroatoms. The molecule has 0 saturated heterocycles. The molecule has 2 aliphatic heterocycles.